The smallest absolute Gasteiger partial charge is 0.339 e. The molecule has 14 rings (SSSR count). The summed E-state index contributed by atoms with van der Waals surface area (Å²) in [5.41, 5.74) is 9.08. The van der Waals surface area contributed by atoms with Crippen LogP contribution < -0.4 is 28.7 Å². The van der Waals surface area contributed by atoms with Crippen LogP contribution in [0.4, 0.5) is 11.4 Å². The van der Waals surface area contributed by atoms with Gasteiger partial charge in [-0.3, -0.25) is 0 Å². The van der Waals surface area contributed by atoms with Crippen molar-refractivity contribution < 1.29 is 63.3 Å². The molecule has 586 valence electrons. The number of carboxylic acids is 4. The summed E-state index contributed by atoms with van der Waals surface area (Å²) in [5, 5.41) is 47.3. The number of piperidine rings is 1. The molecule has 12 aromatic carbocycles. The van der Waals surface area contributed by atoms with E-state index in [1.807, 2.05) is 153 Å². The molecule has 12 aromatic rings. The Morgan fingerprint density at radius 1 is 0.416 bits per heavy atom. The second-order valence-electron chi connectivity index (χ2n) is 28.7. The van der Waals surface area contributed by atoms with Crippen molar-refractivity contribution >= 4 is 78.3 Å². The predicted octanol–water partition coefficient (Wildman–Crippen LogP) is 20.1. The number of nitrogens with zero attached hydrogens (tertiary/aromatic N) is 4. The summed E-state index contributed by atoms with van der Waals surface area (Å²) in [7, 11) is 4.19. The molecule has 4 N–H and O–H groups in total. The van der Waals surface area contributed by atoms with E-state index < -0.39 is 23.9 Å². The molecule has 0 aliphatic carbocycles. The summed E-state index contributed by atoms with van der Waals surface area (Å²) in [6, 6.07) is 78.4. The summed E-state index contributed by atoms with van der Waals surface area (Å²) < 4.78 is 29.7. The van der Waals surface area contributed by atoms with E-state index in [0.717, 1.165) is 179 Å². The van der Waals surface area contributed by atoms with Crippen LogP contribution in [0.1, 0.15) is 135 Å². The van der Waals surface area contributed by atoms with Crippen LogP contribution in [-0.4, -0.2) is 133 Å². The van der Waals surface area contributed by atoms with Crippen LogP contribution in [0.25, 0.3) is 43.1 Å². The molecule has 2 saturated heterocycles. The standard InChI is InChI=1S/C25H30N2O3.C25H27NO3.C24H24O4.C22H23NO3/c1-4-27(5-2)16-15-26(3)21-13-14-23(25(28)29)24(17-21)30-18-20-11-8-10-19-9-6-7-12-22(19)20;1-26-13-11-18(12-14-26)15-19-9-10-23(25(27)28)24(16-19)29-17-21-7-4-6-20-5-2-3-8-22(20)21;25-24(26)22-13-11-17(10-12-20-8-4-14-27-20)15-23(22)28-16-19-7-3-6-18-5-1-2-9-21(18)19;1-3-23(4-2)18-12-13-20(22(24)25)21(14-18)26-15-17-10-7-9-16-8-5-6-11-19(16)17/h6-14,17H,4-5,15-16,18H2,1-3H3,(H,28,29);2-10,16,18H,11-15,17H2,1H3,(H,27,28);1-3,5-7,9,11,13,15,20H,4,8,10,12,14,16H2,(H,25,26);5-14H,3-4,15H2,1-2H3,(H,24,25). The number of fused-ring (bicyclic) bond motifs is 4. The summed E-state index contributed by atoms with van der Waals surface area (Å²) in [6.07, 6.45) is 7.70. The number of likely N-dealkylation sites (tertiary alicyclic amines) is 1. The Morgan fingerprint density at radius 2 is 0.779 bits per heavy atom. The van der Waals surface area contributed by atoms with Gasteiger partial charge in [-0.2, -0.15) is 0 Å². The average Bonchev–Trinajstić information content (AvgIpc) is 1.43. The van der Waals surface area contributed by atoms with Crippen LogP contribution in [0.15, 0.2) is 243 Å². The van der Waals surface area contributed by atoms with Crippen molar-refractivity contribution in [2.24, 2.45) is 5.92 Å². The van der Waals surface area contributed by atoms with Crippen molar-refractivity contribution in [1.29, 1.82) is 0 Å². The molecular weight excluding hydrogens is 1420 g/mol. The van der Waals surface area contributed by atoms with Gasteiger partial charge in [0.2, 0.25) is 0 Å². The fraction of sp³-hybridized carbons (Fsp3) is 0.292. The second-order valence-corrected chi connectivity index (χ2v) is 28.7. The number of rotatable bonds is 30. The molecule has 1 atom stereocenters. The van der Waals surface area contributed by atoms with E-state index in [1.54, 1.807) is 24.3 Å². The topological polar surface area (TPSA) is 208 Å². The Labute approximate surface area is 663 Å². The van der Waals surface area contributed by atoms with Gasteiger partial charge in [0.15, 0.2) is 0 Å². The molecular formula is C96H104N4O13. The molecule has 17 heteroatoms. The molecule has 0 bridgehead atoms. The zero-order valence-corrected chi connectivity index (χ0v) is 65.6. The van der Waals surface area contributed by atoms with Crippen molar-refractivity contribution in [3.63, 3.8) is 0 Å². The number of ether oxygens (including phenoxy) is 5. The van der Waals surface area contributed by atoms with Crippen molar-refractivity contribution in [3.8, 4) is 23.0 Å². The minimum atomic E-state index is -0.986. The minimum Gasteiger partial charge on any atom is -0.488 e. The van der Waals surface area contributed by atoms with E-state index in [-0.39, 0.29) is 22.3 Å². The molecule has 2 heterocycles. The van der Waals surface area contributed by atoms with E-state index in [1.165, 1.54) is 12.8 Å². The lowest BCUT2D eigenvalue weighted by Gasteiger charge is -2.29. The van der Waals surface area contributed by atoms with Crippen LogP contribution >= 0.6 is 0 Å². The first-order valence-corrected chi connectivity index (χ1v) is 39.3. The Balaban J connectivity index is 0.000000149. The van der Waals surface area contributed by atoms with Gasteiger partial charge in [-0.1, -0.05) is 196 Å². The fourth-order valence-electron chi connectivity index (χ4n) is 14.7. The highest BCUT2D eigenvalue weighted by atomic mass is 16.5. The zero-order chi connectivity index (χ0) is 79.6. The van der Waals surface area contributed by atoms with Gasteiger partial charge in [-0.15, -0.1) is 0 Å². The number of carboxylic acid groups (broad SMARTS) is 4. The molecule has 0 spiro atoms. The average molecular weight is 1520 g/mol. The molecule has 17 nitrogen and oxygen atoms in total. The van der Waals surface area contributed by atoms with Crippen molar-refractivity contribution in [2.45, 2.75) is 105 Å². The molecule has 0 amide bonds. The van der Waals surface area contributed by atoms with Gasteiger partial charge >= 0.3 is 23.9 Å². The third-order valence-electron chi connectivity index (χ3n) is 21.4. The van der Waals surface area contributed by atoms with E-state index in [0.29, 0.717) is 61.4 Å². The number of aromatic carboxylic acids is 4. The summed E-state index contributed by atoms with van der Waals surface area (Å²) in [4.78, 5) is 55.6. The summed E-state index contributed by atoms with van der Waals surface area (Å²) >= 11 is 0. The zero-order valence-electron chi connectivity index (χ0n) is 65.6. The maximum Gasteiger partial charge on any atom is 0.339 e. The third-order valence-corrected chi connectivity index (χ3v) is 21.4. The van der Waals surface area contributed by atoms with Crippen molar-refractivity contribution in [1.82, 2.24) is 9.80 Å². The Hall–Kier alpha value is -11.8. The maximum absolute atomic E-state index is 11.7. The lowest BCUT2D eigenvalue weighted by Crippen LogP contribution is -2.33. The Kier molecular flexibility index (Phi) is 29.8. The third kappa shape index (κ3) is 22.5. The summed E-state index contributed by atoms with van der Waals surface area (Å²) in [5.74, 6) is -1.59. The first kappa shape index (κ1) is 82.2. The van der Waals surface area contributed by atoms with Gasteiger partial charge in [0.05, 0.1) is 6.10 Å². The molecule has 2 aliphatic heterocycles. The van der Waals surface area contributed by atoms with E-state index in [2.05, 4.69) is 127 Å². The monoisotopic (exact) mass is 1520 g/mol. The van der Waals surface area contributed by atoms with Crippen LogP contribution in [-0.2, 0) is 44.0 Å². The molecule has 2 fully saturated rings. The number of carbonyl (C=O) groups is 4. The fourth-order valence-corrected chi connectivity index (χ4v) is 14.7. The lowest BCUT2D eigenvalue weighted by atomic mass is 9.90. The number of likely N-dealkylation sites (N-methyl/N-ethyl adjacent to an activating group) is 2. The molecule has 0 saturated carbocycles. The normalized spacial score (nSPS) is 13.4. The minimum absolute atomic E-state index is 0.177. The van der Waals surface area contributed by atoms with Gasteiger partial charge in [-0.05, 0) is 223 Å². The van der Waals surface area contributed by atoms with E-state index in [9.17, 15) is 39.6 Å². The highest BCUT2D eigenvalue weighted by Gasteiger charge is 2.23. The number of anilines is 2. The molecule has 113 heavy (non-hydrogen) atoms. The highest BCUT2D eigenvalue weighted by molar-refractivity contribution is 5.94. The molecule has 2 aliphatic rings. The lowest BCUT2D eigenvalue weighted by molar-refractivity contribution is 0.0680. The van der Waals surface area contributed by atoms with Crippen LogP contribution in [0, 0.1) is 5.92 Å². The maximum atomic E-state index is 11.7. The molecule has 0 aromatic heterocycles. The number of benzene rings is 12. The first-order valence-electron chi connectivity index (χ1n) is 39.3. The van der Waals surface area contributed by atoms with Gasteiger partial charge in [0.25, 0.3) is 0 Å². The summed E-state index contributed by atoms with van der Waals surface area (Å²) in [6.45, 7) is 18.4. The van der Waals surface area contributed by atoms with Gasteiger partial charge in [0, 0.05) is 63.3 Å². The molecule has 1 unspecified atom stereocenters. The van der Waals surface area contributed by atoms with Crippen molar-refractivity contribution in [3.05, 3.63) is 298 Å². The van der Waals surface area contributed by atoms with Crippen molar-refractivity contribution in [2.75, 3.05) is 82.9 Å². The van der Waals surface area contributed by atoms with E-state index >= 15 is 0 Å². The highest BCUT2D eigenvalue weighted by Crippen LogP contribution is 2.34. The first-order chi connectivity index (χ1) is 55.0. The largest absolute Gasteiger partial charge is 0.488 e. The van der Waals surface area contributed by atoms with Gasteiger partial charge in [0.1, 0.15) is 71.7 Å². The Bertz CT molecular complexity index is 5160. The number of aryl methyl sites for hydroxylation is 1. The van der Waals surface area contributed by atoms with Crippen LogP contribution in [0.2, 0.25) is 0 Å². The Morgan fingerprint density at radius 3 is 1.17 bits per heavy atom. The van der Waals surface area contributed by atoms with E-state index in [4.69, 9.17) is 23.7 Å². The predicted molar refractivity (Wildman–Crippen MR) is 453 cm³/mol. The van der Waals surface area contributed by atoms with Crippen LogP contribution in [0.5, 0.6) is 23.0 Å². The van der Waals surface area contributed by atoms with Gasteiger partial charge < -0.3 is 63.7 Å². The SMILES string of the molecule is CCN(CC)CCN(C)c1ccc(C(=O)O)c(OCc2cccc3ccccc23)c1.CCN(CC)c1ccc(C(=O)O)c(OCc2cccc3ccccc23)c1.CN1CCC(Cc2ccc(C(=O)O)c(OCc3cccc4ccccc34)c2)CC1.O=C(O)c1ccc(CCC2CCCO2)cc1OCc1cccc2ccccc12. The molecule has 0 radical (unpaired) electrons. The number of hydrogen-bond acceptors (Lipinski definition) is 13. The van der Waals surface area contributed by atoms with Crippen LogP contribution in [0.3, 0.4) is 0 Å². The quantitative estimate of drug-likeness (QED) is 0.0330. The second kappa shape index (κ2) is 41.0. The number of hydrogen-bond donors (Lipinski definition) is 4. The van der Waals surface area contributed by atoms with Gasteiger partial charge in [-0.25, -0.2) is 19.2 Å².